The van der Waals surface area contributed by atoms with Gasteiger partial charge in [-0.3, -0.25) is 9.59 Å². The van der Waals surface area contributed by atoms with Crippen LogP contribution in [0.4, 0.5) is 13.2 Å². The zero-order valence-electron chi connectivity index (χ0n) is 19.5. The minimum absolute atomic E-state index is 0.0579. The van der Waals surface area contributed by atoms with E-state index in [1.807, 2.05) is 0 Å². The number of para-hydroxylation sites is 1. The number of primary amides is 1. The van der Waals surface area contributed by atoms with Gasteiger partial charge in [-0.25, -0.2) is 4.98 Å². The number of ether oxygens (including phenoxy) is 2. The van der Waals surface area contributed by atoms with Gasteiger partial charge in [0.25, 0.3) is 11.5 Å². The van der Waals surface area contributed by atoms with Crippen molar-refractivity contribution in [3.05, 3.63) is 88.2 Å². The van der Waals surface area contributed by atoms with Gasteiger partial charge in [0.1, 0.15) is 0 Å². The Morgan fingerprint density at radius 2 is 1.84 bits per heavy atom. The van der Waals surface area contributed by atoms with Gasteiger partial charge in [-0.15, -0.1) is 0 Å². The molecular formula is C26H21F3N4O4. The SMILES string of the molecule is CCOc1cc(C=Nn2c(-c3cccc(C(F)(F)F)c3)nc3ccccc3c2=O)ccc1OCC(N)=O. The summed E-state index contributed by atoms with van der Waals surface area (Å²) < 4.78 is 51.9. The number of carbonyl (C=O) groups is 1. The van der Waals surface area contributed by atoms with E-state index in [2.05, 4.69) is 10.1 Å². The monoisotopic (exact) mass is 510 g/mol. The Balaban J connectivity index is 1.82. The van der Waals surface area contributed by atoms with Crippen molar-refractivity contribution < 1.29 is 27.4 Å². The van der Waals surface area contributed by atoms with Gasteiger partial charge in [-0.05, 0) is 55.0 Å². The minimum Gasteiger partial charge on any atom is -0.490 e. The first kappa shape index (κ1) is 25.4. The number of alkyl halides is 3. The fourth-order valence-corrected chi connectivity index (χ4v) is 3.52. The highest BCUT2D eigenvalue weighted by Gasteiger charge is 2.31. The number of nitrogens with zero attached hydrogens (tertiary/aromatic N) is 3. The number of hydrogen-bond donors (Lipinski definition) is 1. The third-order valence-electron chi connectivity index (χ3n) is 5.16. The molecule has 0 spiro atoms. The first-order valence-electron chi connectivity index (χ1n) is 11.1. The predicted octanol–water partition coefficient (Wildman–Crippen LogP) is 4.23. The van der Waals surface area contributed by atoms with E-state index in [-0.39, 0.29) is 29.1 Å². The molecule has 1 amide bonds. The second-order valence-corrected chi connectivity index (χ2v) is 7.79. The molecule has 190 valence electrons. The van der Waals surface area contributed by atoms with Gasteiger partial charge in [-0.1, -0.05) is 24.3 Å². The quantitative estimate of drug-likeness (QED) is 0.357. The van der Waals surface area contributed by atoms with Crippen molar-refractivity contribution in [2.75, 3.05) is 13.2 Å². The number of aromatic nitrogens is 2. The molecular weight excluding hydrogens is 489 g/mol. The van der Waals surface area contributed by atoms with Crippen molar-refractivity contribution in [1.82, 2.24) is 9.66 Å². The summed E-state index contributed by atoms with van der Waals surface area (Å²) in [6, 6.07) is 15.7. The maximum absolute atomic E-state index is 13.4. The highest BCUT2D eigenvalue weighted by molar-refractivity contribution is 5.83. The van der Waals surface area contributed by atoms with Gasteiger partial charge in [0, 0.05) is 5.56 Å². The molecule has 0 atom stereocenters. The number of carbonyl (C=O) groups excluding carboxylic acids is 1. The van der Waals surface area contributed by atoms with Crippen LogP contribution in [0, 0.1) is 0 Å². The van der Waals surface area contributed by atoms with Crippen LogP contribution in [-0.4, -0.2) is 35.0 Å². The third kappa shape index (κ3) is 5.77. The smallest absolute Gasteiger partial charge is 0.416 e. The van der Waals surface area contributed by atoms with E-state index in [0.717, 1.165) is 16.8 Å². The van der Waals surface area contributed by atoms with Crippen LogP contribution in [0.2, 0.25) is 0 Å². The second-order valence-electron chi connectivity index (χ2n) is 7.79. The molecule has 0 aliphatic carbocycles. The number of amides is 1. The average molecular weight is 510 g/mol. The molecule has 0 unspecified atom stereocenters. The number of rotatable bonds is 8. The number of nitrogens with two attached hydrogens (primary N) is 1. The molecule has 0 bridgehead atoms. The lowest BCUT2D eigenvalue weighted by Gasteiger charge is -2.13. The van der Waals surface area contributed by atoms with Crippen molar-refractivity contribution in [3.63, 3.8) is 0 Å². The zero-order chi connectivity index (χ0) is 26.6. The van der Waals surface area contributed by atoms with Gasteiger partial charge in [0.2, 0.25) is 0 Å². The first-order chi connectivity index (χ1) is 17.7. The molecule has 4 aromatic rings. The third-order valence-corrected chi connectivity index (χ3v) is 5.16. The fourth-order valence-electron chi connectivity index (χ4n) is 3.52. The summed E-state index contributed by atoms with van der Waals surface area (Å²) in [5.74, 6) is -0.113. The Morgan fingerprint density at radius 1 is 1.05 bits per heavy atom. The van der Waals surface area contributed by atoms with Crippen LogP contribution in [0.15, 0.2) is 76.6 Å². The molecule has 0 radical (unpaired) electrons. The van der Waals surface area contributed by atoms with Crippen molar-refractivity contribution >= 4 is 23.0 Å². The fraction of sp³-hybridized carbons (Fsp3) is 0.154. The molecule has 4 rings (SSSR count). The number of hydrogen-bond acceptors (Lipinski definition) is 6. The molecule has 1 heterocycles. The first-order valence-corrected chi connectivity index (χ1v) is 11.1. The van der Waals surface area contributed by atoms with Crippen LogP contribution in [0.1, 0.15) is 18.1 Å². The molecule has 0 fully saturated rings. The summed E-state index contributed by atoms with van der Waals surface area (Å²) in [5, 5.41) is 4.51. The van der Waals surface area contributed by atoms with Gasteiger partial charge in [0.05, 0.1) is 29.3 Å². The molecule has 1 aromatic heterocycles. The van der Waals surface area contributed by atoms with E-state index < -0.39 is 23.2 Å². The normalized spacial score (nSPS) is 11.7. The maximum atomic E-state index is 13.4. The van der Waals surface area contributed by atoms with Crippen LogP contribution in [-0.2, 0) is 11.0 Å². The van der Waals surface area contributed by atoms with Gasteiger partial charge < -0.3 is 15.2 Å². The highest BCUT2D eigenvalue weighted by Crippen LogP contribution is 2.32. The van der Waals surface area contributed by atoms with Gasteiger partial charge in [0.15, 0.2) is 23.9 Å². The largest absolute Gasteiger partial charge is 0.490 e. The molecule has 2 N–H and O–H groups in total. The van der Waals surface area contributed by atoms with Crippen molar-refractivity contribution in [2.45, 2.75) is 13.1 Å². The van der Waals surface area contributed by atoms with Gasteiger partial charge >= 0.3 is 6.18 Å². The summed E-state index contributed by atoms with van der Waals surface area (Å²) in [6.07, 6.45) is -3.23. The molecule has 0 saturated heterocycles. The Bertz CT molecular complexity index is 1550. The van der Waals surface area contributed by atoms with E-state index in [1.54, 1.807) is 49.4 Å². The molecule has 3 aromatic carbocycles. The van der Waals surface area contributed by atoms with E-state index >= 15 is 0 Å². The predicted molar refractivity (Wildman–Crippen MR) is 132 cm³/mol. The van der Waals surface area contributed by atoms with Crippen molar-refractivity contribution in [3.8, 4) is 22.9 Å². The average Bonchev–Trinajstić information content (AvgIpc) is 2.87. The summed E-state index contributed by atoms with van der Waals surface area (Å²) in [7, 11) is 0. The Morgan fingerprint density at radius 3 is 2.57 bits per heavy atom. The summed E-state index contributed by atoms with van der Waals surface area (Å²) >= 11 is 0. The molecule has 37 heavy (non-hydrogen) atoms. The van der Waals surface area contributed by atoms with Crippen LogP contribution in [0.3, 0.4) is 0 Å². The van der Waals surface area contributed by atoms with Crippen LogP contribution in [0.25, 0.3) is 22.3 Å². The molecule has 11 heteroatoms. The summed E-state index contributed by atoms with van der Waals surface area (Å²) in [6.45, 7) is 1.73. The second kappa shape index (κ2) is 10.5. The summed E-state index contributed by atoms with van der Waals surface area (Å²) in [5.41, 5.74) is 4.58. The van der Waals surface area contributed by atoms with E-state index in [1.165, 1.54) is 18.3 Å². The van der Waals surface area contributed by atoms with Crippen molar-refractivity contribution in [1.29, 1.82) is 0 Å². The Hall–Kier alpha value is -4.67. The summed E-state index contributed by atoms with van der Waals surface area (Å²) in [4.78, 5) is 28.8. The maximum Gasteiger partial charge on any atom is 0.416 e. The van der Waals surface area contributed by atoms with E-state index in [0.29, 0.717) is 23.4 Å². The lowest BCUT2D eigenvalue weighted by molar-refractivity contribution is -0.137. The van der Waals surface area contributed by atoms with E-state index in [4.69, 9.17) is 15.2 Å². The minimum atomic E-state index is -4.57. The number of halogens is 3. The highest BCUT2D eigenvalue weighted by atomic mass is 19.4. The molecule has 0 aliphatic heterocycles. The lowest BCUT2D eigenvalue weighted by atomic mass is 10.1. The number of benzene rings is 3. The van der Waals surface area contributed by atoms with Crippen LogP contribution >= 0.6 is 0 Å². The topological polar surface area (TPSA) is 109 Å². The molecule has 0 aliphatic rings. The van der Waals surface area contributed by atoms with Crippen molar-refractivity contribution in [2.24, 2.45) is 10.8 Å². The van der Waals surface area contributed by atoms with Crippen LogP contribution in [0.5, 0.6) is 11.5 Å². The Kier molecular flexibility index (Phi) is 7.23. The Labute approximate surface area is 208 Å². The number of fused-ring (bicyclic) bond motifs is 1. The standard InChI is InChI=1S/C26H21F3N4O4/c1-2-36-22-12-16(10-11-21(22)37-15-23(30)34)14-31-33-24(17-6-5-7-18(13-17)26(27,28)29)32-20-9-4-3-8-19(20)25(33)35/h3-14H,2,15H2,1H3,(H2,30,34). The molecule has 8 nitrogen and oxygen atoms in total. The van der Waals surface area contributed by atoms with Crippen LogP contribution < -0.4 is 20.8 Å². The lowest BCUT2D eigenvalue weighted by Crippen LogP contribution is -2.20. The zero-order valence-corrected chi connectivity index (χ0v) is 19.5. The van der Waals surface area contributed by atoms with E-state index in [9.17, 15) is 22.8 Å². The molecule has 0 saturated carbocycles. The van der Waals surface area contributed by atoms with Gasteiger partial charge in [-0.2, -0.15) is 22.9 Å².